The number of pyridine rings is 2. The van der Waals surface area contributed by atoms with Crippen LogP contribution in [0.2, 0.25) is 0 Å². The van der Waals surface area contributed by atoms with Crippen molar-refractivity contribution in [1.82, 2.24) is 25.1 Å². The van der Waals surface area contributed by atoms with Gasteiger partial charge in [-0.3, -0.25) is 4.79 Å². The van der Waals surface area contributed by atoms with Crippen molar-refractivity contribution in [3.05, 3.63) is 59.9 Å². The minimum absolute atomic E-state index is 0.204. The van der Waals surface area contributed by atoms with Gasteiger partial charge in [0.1, 0.15) is 22.2 Å². The third-order valence-electron chi connectivity index (χ3n) is 5.41. The number of carbonyl (C=O) groups excluding carboxylic acids is 1. The number of benzene rings is 1. The van der Waals surface area contributed by atoms with Gasteiger partial charge in [-0.25, -0.2) is 9.97 Å². The molecule has 1 amide bonds. The highest BCUT2D eigenvalue weighted by molar-refractivity contribution is 7.12. The van der Waals surface area contributed by atoms with Crippen LogP contribution in [0.4, 0.5) is 11.6 Å². The van der Waals surface area contributed by atoms with Crippen molar-refractivity contribution in [1.29, 1.82) is 0 Å². The molecule has 4 aromatic rings. The van der Waals surface area contributed by atoms with Crippen molar-refractivity contribution in [2.24, 2.45) is 0 Å². The van der Waals surface area contributed by atoms with Crippen LogP contribution in [0.5, 0.6) is 0 Å². The van der Waals surface area contributed by atoms with E-state index in [1.807, 2.05) is 30.3 Å². The zero-order valence-corrected chi connectivity index (χ0v) is 17.8. The number of hydrogen-bond acceptors (Lipinski definition) is 8. The molecule has 4 heterocycles. The summed E-state index contributed by atoms with van der Waals surface area (Å²) in [6, 6.07) is 11.5. The fourth-order valence-electron chi connectivity index (χ4n) is 3.60. The Balaban J connectivity index is 1.35. The summed E-state index contributed by atoms with van der Waals surface area (Å²) < 4.78 is 0. The number of aromatic nitrogens is 4. The molecule has 1 aliphatic rings. The number of piperazine rings is 1. The molecule has 0 bridgehead atoms. The third kappa shape index (κ3) is 4.23. The first kappa shape index (κ1) is 19.5. The number of carbonyl (C=O) groups is 1. The van der Waals surface area contributed by atoms with Gasteiger partial charge in [0.2, 0.25) is 0 Å². The molecule has 1 saturated heterocycles. The summed E-state index contributed by atoms with van der Waals surface area (Å²) >= 11 is 1.49. The van der Waals surface area contributed by atoms with Crippen LogP contribution >= 0.6 is 11.3 Å². The fourth-order valence-corrected chi connectivity index (χ4v) is 4.15. The maximum absolute atomic E-state index is 12.9. The van der Waals surface area contributed by atoms with E-state index in [4.69, 9.17) is 0 Å². The van der Waals surface area contributed by atoms with Crippen molar-refractivity contribution in [2.45, 2.75) is 0 Å². The smallest absolute Gasteiger partial charge is 0.257 e. The highest BCUT2D eigenvalue weighted by Gasteiger charge is 2.17. The lowest BCUT2D eigenvalue weighted by atomic mass is 10.1. The van der Waals surface area contributed by atoms with Gasteiger partial charge in [-0.15, -0.1) is 10.2 Å². The molecule has 5 rings (SSSR count). The molecule has 8 nitrogen and oxygen atoms in total. The summed E-state index contributed by atoms with van der Waals surface area (Å²) in [5.74, 6) is 1.13. The average Bonchev–Trinajstić information content (AvgIpc) is 3.34. The van der Waals surface area contributed by atoms with E-state index in [1.165, 1.54) is 11.3 Å². The quantitative estimate of drug-likeness (QED) is 0.531. The molecule has 156 valence electrons. The molecule has 31 heavy (non-hydrogen) atoms. The second kappa shape index (κ2) is 8.37. The van der Waals surface area contributed by atoms with Crippen LogP contribution in [0.3, 0.4) is 0 Å². The molecular formula is C22H21N7OS. The predicted molar refractivity (Wildman–Crippen MR) is 123 cm³/mol. The number of amides is 1. The van der Waals surface area contributed by atoms with Crippen molar-refractivity contribution in [3.63, 3.8) is 0 Å². The maximum Gasteiger partial charge on any atom is 0.257 e. The van der Waals surface area contributed by atoms with E-state index < -0.39 is 0 Å². The number of nitrogens with one attached hydrogen (secondary N) is 1. The maximum atomic E-state index is 12.9. The first-order valence-corrected chi connectivity index (χ1v) is 10.9. The van der Waals surface area contributed by atoms with Crippen LogP contribution in [0, 0.1) is 0 Å². The predicted octanol–water partition coefficient (Wildman–Crippen LogP) is 3.15. The molecule has 1 aliphatic heterocycles. The molecule has 1 fully saturated rings. The number of rotatable bonds is 4. The lowest BCUT2D eigenvalue weighted by Crippen LogP contribution is -2.44. The summed E-state index contributed by atoms with van der Waals surface area (Å²) in [6.07, 6.45) is 3.45. The standard InChI is InChI=1S/C22H21N7OS/c1-28-6-8-29(9-7-28)20-12-15(4-5-23-20)21(30)26-19-11-18-10-16(22-27-25-14-31-22)2-3-17(18)13-24-19/h2-5,10-14H,6-9H2,1H3,(H,24,26,30). The van der Waals surface area contributed by atoms with E-state index >= 15 is 0 Å². The van der Waals surface area contributed by atoms with Gasteiger partial charge in [-0.2, -0.15) is 0 Å². The van der Waals surface area contributed by atoms with Crippen LogP contribution in [0.1, 0.15) is 10.4 Å². The van der Waals surface area contributed by atoms with Gasteiger partial charge in [0.05, 0.1) is 0 Å². The van der Waals surface area contributed by atoms with Gasteiger partial charge >= 0.3 is 0 Å². The molecular weight excluding hydrogens is 410 g/mol. The second-order valence-electron chi connectivity index (χ2n) is 7.52. The van der Waals surface area contributed by atoms with Crippen molar-refractivity contribution >= 4 is 39.7 Å². The van der Waals surface area contributed by atoms with Crippen LogP contribution in [-0.4, -0.2) is 64.2 Å². The zero-order chi connectivity index (χ0) is 21.2. The summed E-state index contributed by atoms with van der Waals surface area (Å²) in [5, 5.41) is 13.8. The Hall–Kier alpha value is -3.43. The Morgan fingerprint density at radius 1 is 1.03 bits per heavy atom. The van der Waals surface area contributed by atoms with Crippen LogP contribution in [0.15, 0.2) is 54.3 Å². The lowest BCUT2D eigenvalue weighted by molar-refractivity contribution is 0.102. The van der Waals surface area contributed by atoms with E-state index in [-0.39, 0.29) is 5.91 Å². The Morgan fingerprint density at radius 3 is 2.71 bits per heavy atom. The molecule has 0 unspecified atom stereocenters. The third-order valence-corrected chi connectivity index (χ3v) is 6.15. The summed E-state index contributed by atoms with van der Waals surface area (Å²) in [6.45, 7) is 3.77. The van der Waals surface area contributed by atoms with Crippen molar-refractivity contribution in [2.75, 3.05) is 43.4 Å². The normalized spacial score (nSPS) is 14.7. The Kier molecular flexibility index (Phi) is 5.27. The van der Waals surface area contributed by atoms with Gasteiger partial charge in [-0.05, 0) is 36.7 Å². The van der Waals surface area contributed by atoms with E-state index in [0.717, 1.165) is 53.3 Å². The van der Waals surface area contributed by atoms with Crippen LogP contribution < -0.4 is 10.2 Å². The molecule has 3 aromatic heterocycles. The largest absolute Gasteiger partial charge is 0.354 e. The summed E-state index contributed by atoms with van der Waals surface area (Å²) in [7, 11) is 2.11. The number of fused-ring (bicyclic) bond motifs is 1. The van der Waals surface area contributed by atoms with Crippen LogP contribution in [-0.2, 0) is 0 Å². The molecule has 0 atom stereocenters. The average molecular weight is 432 g/mol. The van der Waals surface area contributed by atoms with Crippen molar-refractivity contribution in [3.8, 4) is 10.6 Å². The highest BCUT2D eigenvalue weighted by atomic mass is 32.1. The number of nitrogens with zero attached hydrogens (tertiary/aromatic N) is 6. The Labute approximate surface area is 183 Å². The van der Waals surface area contributed by atoms with Gasteiger partial charge in [0.25, 0.3) is 5.91 Å². The summed E-state index contributed by atoms with van der Waals surface area (Å²) in [5.41, 5.74) is 3.26. The van der Waals surface area contributed by atoms with Crippen molar-refractivity contribution < 1.29 is 4.79 Å². The van der Waals surface area contributed by atoms with Gasteiger partial charge in [-0.1, -0.05) is 23.5 Å². The fraction of sp³-hybridized carbons (Fsp3) is 0.227. The molecule has 9 heteroatoms. The molecule has 0 spiro atoms. The van der Waals surface area contributed by atoms with Gasteiger partial charge < -0.3 is 15.1 Å². The van der Waals surface area contributed by atoms with Gasteiger partial charge in [0, 0.05) is 55.1 Å². The minimum atomic E-state index is -0.204. The van der Waals surface area contributed by atoms with E-state index in [0.29, 0.717) is 11.4 Å². The Bertz CT molecular complexity index is 1220. The highest BCUT2D eigenvalue weighted by Crippen LogP contribution is 2.26. The molecule has 1 aromatic carbocycles. The van der Waals surface area contributed by atoms with E-state index in [1.54, 1.807) is 24.0 Å². The first-order valence-electron chi connectivity index (χ1n) is 10.0. The molecule has 0 radical (unpaired) electrons. The Morgan fingerprint density at radius 2 is 1.90 bits per heavy atom. The lowest BCUT2D eigenvalue weighted by Gasteiger charge is -2.33. The topological polar surface area (TPSA) is 87.1 Å². The second-order valence-corrected chi connectivity index (χ2v) is 8.36. The zero-order valence-electron chi connectivity index (χ0n) is 17.0. The molecule has 1 N–H and O–H groups in total. The van der Waals surface area contributed by atoms with E-state index in [2.05, 4.69) is 42.3 Å². The SMILES string of the molecule is CN1CCN(c2cc(C(=O)Nc3cc4cc(-c5nncs5)ccc4cn3)ccn2)CC1. The minimum Gasteiger partial charge on any atom is -0.354 e. The molecule has 0 saturated carbocycles. The molecule has 0 aliphatic carbocycles. The summed E-state index contributed by atoms with van der Waals surface area (Å²) in [4.78, 5) is 26.2. The van der Waals surface area contributed by atoms with Crippen LogP contribution in [0.25, 0.3) is 21.3 Å². The van der Waals surface area contributed by atoms with E-state index in [9.17, 15) is 4.79 Å². The number of likely N-dealkylation sites (N-methyl/N-ethyl adjacent to an activating group) is 1. The number of anilines is 2. The first-order chi connectivity index (χ1) is 15.2. The van der Waals surface area contributed by atoms with Gasteiger partial charge in [0.15, 0.2) is 0 Å². The number of hydrogen-bond donors (Lipinski definition) is 1. The monoisotopic (exact) mass is 431 g/mol.